The highest BCUT2D eigenvalue weighted by Crippen LogP contribution is 2.64. The summed E-state index contributed by atoms with van der Waals surface area (Å²) in [7, 11) is 1.69. The first-order chi connectivity index (χ1) is 26.5. The fourth-order valence-corrected chi connectivity index (χ4v) is 8.22. The van der Waals surface area contributed by atoms with Crippen molar-refractivity contribution in [3.8, 4) is 11.1 Å². The van der Waals surface area contributed by atoms with E-state index in [4.69, 9.17) is 0 Å². The topological polar surface area (TPSA) is 143 Å². The van der Waals surface area contributed by atoms with Crippen molar-refractivity contribution in [3.63, 3.8) is 0 Å². The predicted molar refractivity (Wildman–Crippen MR) is 204 cm³/mol. The van der Waals surface area contributed by atoms with E-state index in [1.807, 2.05) is 19.1 Å². The van der Waals surface area contributed by atoms with Crippen molar-refractivity contribution in [3.05, 3.63) is 90.3 Å². The number of halogens is 3. The Hall–Kier alpha value is -5.73. The summed E-state index contributed by atoms with van der Waals surface area (Å²) >= 11 is 0. The Morgan fingerprint density at radius 3 is 2.43 bits per heavy atom. The molecule has 2 aliphatic rings. The fraction of sp³-hybridized carbons (Fsp3) is 0.415. The number of hydrogen-bond acceptors (Lipinski definition) is 8. The molecular weight excluding hydrogens is 725 g/mol. The average Bonchev–Trinajstić information content (AvgIpc) is 3.40. The molecule has 4 atom stereocenters. The molecule has 1 N–H and O–H groups in total. The lowest BCUT2D eigenvalue weighted by Crippen LogP contribution is -2.47. The van der Waals surface area contributed by atoms with E-state index in [-0.39, 0.29) is 54.2 Å². The molecule has 1 saturated heterocycles. The Balaban J connectivity index is 1.37. The number of allylic oxidation sites excluding steroid dienone is 2. The number of carbonyl (C=O) groups is 4. The van der Waals surface area contributed by atoms with Crippen molar-refractivity contribution in [1.82, 2.24) is 34.5 Å². The zero-order chi connectivity index (χ0) is 40.7. The molecule has 3 aromatic heterocycles. The molecule has 4 heterocycles. The van der Waals surface area contributed by atoms with Crippen LogP contribution in [0.3, 0.4) is 0 Å². The first-order valence-corrected chi connectivity index (χ1v) is 18.5. The highest BCUT2D eigenvalue weighted by molar-refractivity contribution is 6.07. The standard InChI is InChI=1S/C41H45F3N8O4/c1-8-10-11-13-33(54)50(7)22-40-18-31(39(56)48-32-15-14-23(3)37(47-32)41(42,43)44)52(38(40)24(40)4)34(55)21-51-36-27(12-9-2)16-28(29-19-45-26(6)46-20-29)17-30(36)35(49-51)25(5)53/h8-9,14-17,19-20,24,31,38H,1-2,10-13,18,21-22H2,3-7H3,(H,47,48,56)/t24-,31-,38?,40+/m0/s1. The van der Waals surface area contributed by atoms with Gasteiger partial charge in [-0.25, -0.2) is 15.0 Å². The second kappa shape index (κ2) is 15.4. The monoisotopic (exact) mass is 770 g/mol. The van der Waals surface area contributed by atoms with Crippen molar-refractivity contribution in [1.29, 1.82) is 0 Å². The lowest BCUT2D eigenvalue weighted by Gasteiger charge is -2.28. The summed E-state index contributed by atoms with van der Waals surface area (Å²) in [5, 5.41) is 7.68. The SMILES string of the molecule is C=CCCCC(=O)N(C)C[C@@]12C[C@@H](C(=O)Nc3ccc(C)c(C(F)(F)F)n3)N(C(=O)Cn3nc(C(C)=O)c4cc(-c5cnc(C)nc5)cc(CC=C)c43)C1[C@@H]2C. The summed E-state index contributed by atoms with van der Waals surface area (Å²) < 4.78 is 42.7. The largest absolute Gasteiger partial charge is 0.433 e. The van der Waals surface area contributed by atoms with Gasteiger partial charge < -0.3 is 15.1 Å². The number of likely N-dealkylation sites (tertiary alicyclic amines) is 1. The minimum absolute atomic E-state index is 0.0838. The van der Waals surface area contributed by atoms with Crippen LogP contribution >= 0.6 is 0 Å². The quantitative estimate of drug-likeness (QED) is 0.0869. The molecule has 4 aromatic rings. The molecular formula is C41H45F3N8O4. The van der Waals surface area contributed by atoms with Crippen molar-refractivity contribution in [2.75, 3.05) is 18.9 Å². The van der Waals surface area contributed by atoms with Gasteiger partial charge in [-0.15, -0.1) is 13.2 Å². The van der Waals surface area contributed by atoms with Crippen molar-refractivity contribution >= 4 is 40.2 Å². The van der Waals surface area contributed by atoms with Gasteiger partial charge in [0.05, 0.1) is 5.52 Å². The van der Waals surface area contributed by atoms with Crippen molar-refractivity contribution < 1.29 is 32.3 Å². The maximum absolute atomic E-state index is 14.7. The summed E-state index contributed by atoms with van der Waals surface area (Å²) in [6.07, 6.45) is 4.25. The molecule has 294 valence electrons. The number of alkyl halides is 3. The molecule has 1 aromatic carbocycles. The van der Waals surface area contributed by atoms with Gasteiger partial charge >= 0.3 is 6.18 Å². The molecule has 2 fully saturated rings. The molecule has 1 aliphatic carbocycles. The molecule has 0 radical (unpaired) electrons. The van der Waals surface area contributed by atoms with Gasteiger partial charge in [0.25, 0.3) is 0 Å². The van der Waals surface area contributed by atoms with E-state index < -0.39 is 41.2 Å². The van der Waals surface area contributed by atoms with Gasteiger partial charge in [-0.1, -0.05) is 25.1 Å². The van der Waals surface area contributed by atoms with E-state index in [1.165, 1.54) is 35.6 Å². The molecule has 1 aliphatic heterocycles. The number of unbranched alkanes of at least 4 members (excludes halogenated alkanes) is 1. The summed E-state index contributed by atoms with van der Waals surface area (Å²) in [6.45, 7) is 14.0. The lowest BCUT2D eigenvalue weighted by molar-refractivity contribution is -0.141. The van der Waals surface area contributed by atoms with Crippen LogP contribution in [0, 0.1) is 25.2 Å². The highest BCUT2D eigenvalue weighted by atomic mass is 19.4. The molecule has 56 heavy (non-hydrogen) atoms. The smallest absolute Gasteiger partial charge is 0.345 e. The van der Waals surface area contributed by atoms with Gasteiger partial charge in [0.2, 0.25) is 17.7 Å². The molecule has 0 bridgehead atoms. The zero-order valence-electron chi connectivity index (χ0n) is 32.1. The van der Waals surface area contributed by atoms with Gasteiger partial charge in [-0.2, -0.15) is 18.3 Å². The maximum atomic E-state index is 14.7. The molecule has 1 unspecified atom stereocenters. The Kier molecular flexibility index (Phi) is 11.0. The Morgan fingerprint density at radius 2 is 1.79 bits per heavy atom. The van der Waals surface area contributed by atoms with E-state index in [2.05, 4.69) is 38.5 Å². The number of nitrogens with one attached hydrogen (secondary N) is 1. The van der Waals surface area contributed by atoms with Crippen LogP contribution < -0.4 is 5.32 Å². The highest BCUT2D eigenvalue weighted by Gasteiger charge is 2.73. The maximum Gasteiger partial charge on any atom is 0.433 e. The number of fused-ring (bicyclic) bond motifs is 2. The summed E-state index contributed by atoms with van der Waals surface area (Å²) in [5.74, 6) is -1.39. The number of nitrogens with zero attached hydrogens (tertiary/aromatic N) is 7. The second-order valence-electron chi connectivity index (χ2n) is 14.9. The van der Waals surface area contributed by atoms with E-state index in [0.717, 1.165) is 16.7 Å². The predicted octanol–water partition coefficient (Wildman–Crippen LogP) is 6.51. The van der Waals surface area contributed by atoms with E-state index in [1.54, 1.807) is 43.4 Å². The number of amides is 3. The molecule has 12 nitrogen and oxygen atoms in total. The van der Waals surface area contributed by atoms with Gasteiger partial charge in [0.15, 0.2) is 5.78 Å². The molecule has 0 spiro atoms. The second-order valence-corrected chi connectivity index (χ2v) is 14.9. The Bertz CT molecular complexity index is 2230. The van der Waals surface area contributed by atoms with Crippen LogP contribution in [0.15, 0.2) is 62.0 Å². The van der Waals surface area contributed by atoms with E-state index in [9.17, 15) is 32.3 Å². The molecule has 15 heteroatoms. The average molecular weight is 771 g/mol. The third-order valence-corrected chi connectivity index (χ3v) is 11.1. The number of ketones is 1. The molecule has 1 saturated carbocycles. The van der Waals surface area contributed by atoms with E-state index in [0.29, 0.717) is 42.4 Å². The number of aryl methyl sites for hydroxylation is 2. The van der Waals surface area contributed by atoms with Crippen LogP contribution in [0.4, 0.5) is 19.0 Å². The van der Waals surface area contributed by atoms with Crippen LogP contribution in [-0.4, -0.2) is 83.7 Å². The van der Waals surface area contributed by atoms with E-state index >= 15 is 0 Å². The fourth-order valence-electron chi connectivity index (χ4n) is 8.22. The number of aromatic nitrogens is 5. The number of hydrogen-bond donors (Lipinski definition) is 1. The minimum Gasteiger partial charge on any atom is -0.345 e. The molecule has 6 rings (SSSR count). The number of piperidine rings is 1. The lowest BCUT2D eigenvalue weighted by atomic mass is 9.95. The minimum atomic E-state index is -4.74. The normalized spacial score (nSPS) is 20.1. The van der Waals surface area contributed by atoms with Gasteiger partial charge in [-0.3, -0.25) is 23.9 Å². The van der Waals surface area contributed by atoms with Crippen LogP contribution in [-0.2, 0) is 33.5 Å². The first-order valence-electron chi connectivity index (χ1n) is 18.5. The number of pyridine rings is 1. The number of carbonyl (C=O) groups excluding carboxylic acids is 4. The van der Waals surface area contributed by atoms with Crippen LogP contribution in [0.25, 0.3) is 22.0 Å². The third-order valence-electron chi connectivity index (χ3n) is 11.1. The number of anilines is 1. The Morgan fingerprint density at radius 1 is 1.07 bits per heavy atom. The summed E-state index contributed by atoms with van der Waals surface area (Å²) in [4.78, 5) is 70.2. The van der Waals surface area contributed by atoms with Gasteiger partial charge in [0, 0.05) is 61.7 Å². The van der Waals surface area contributed by atoms with Crippen molar-refractivity contribution in [2.24, 2.45) is 11.3 Å². The zero-order valence-corrected chi connectivity index (χ0v) is 32.1. The van der Waals surface area contributed by atoms with Crippen LogP contribution in [0.1, 0.15) is 72.7 Å². The molecule has 3 amide bonds. The third kappa shape index (κ3) is 7.58. The van der Waals surface area contributed by atoms with Gasteiger partial charge in [0.1, 0.15) is 35.6 Å². The Labute approximate surface area is 322 Å². The number of Topliss-reactive ketones (excluding diaryl/α,β-unsaturated/α-hetero) is 1. The number of rotatable bonds is 14. The summed E-state index contributed by atoms with van der Waals surface area (Å²) in [5.41, 5.74) is 1.04. The number of benzene rings is 1. The summed E-state index contributed by atoms with van der Waals surface area (Å²) in [6, 6.07) is 4.68. The van der Waals surface area contributed by atoms with Crippen molar-refractivity contribution in [2.45, 2.75) is 84.6 Å². The van der Waals surface area contributed by atoms with Crippen LogP contribution in [0.5, 0.6) is 0 Å². The first kappa shape index (κ1) is 39.9. The van der Waals surface area contributed by atoms with Gasteiger partial charge in [-0.05, 0) is 80.3 Å². The van der Waals surface area contributed by atoms with Crippen LogP contribution in [0.2, 0.25) is 0 Å².